The molecule has 0 N–H and O–H groups in total. The number of hydrogen-bond acceptors (Lipinski definition) is 6. The van der Waals surface area contributed by atoms with Crippen molar-refractivity contribution in [1.82, 2.24) is 15.0 Å². The molecule has 1 fully saturated rings. The van der Waals surface area contributed by atoms with Gasteiger partial charge in [-0.05, 0) is 38.1 Å². The Bertz CT molecular complexity index is 687. The molecule has 24 heavy (non-hydrogen) atoms. The van der Waals surface area contributed by atoms with Crippen molar-refractivity contribution in [2.75, 3.05) is 31.1 Å². The first-order valence-electron chi connectivity index (χ1n) is 8.51. The maximum absolute atomic E-state index is 11.4. The van der Waals surface area contributed by atoms with Crippen molar-refractivity contribution in [1.29, 1.82) is 0 Å². The van der Waals surface area contributed by atoms with E-state index in [1.54, 1.807) is 6.92 Å². The van der Waals surface area contributed by atoms with E-state index in [1.807, 2.05) is 31.2 Å². The fourth-order valence-corrected chi connectivity index (χ4v) is 3.01. The first kappa shape index (κ1) is 16.6. The fraction of sp³-hybridized carbons (Fsp3) is 0.500. The minimum atomic E-state index is 0.103. The Morgan fingerprint density at radius 3 is 2.42 bits per heavy atom. The summed E-state index contributed by atoms with van der Waals surface area (Å²) < 4.78 is 5.37. The van der Waals surface area contributed by atoms with Crippen LogP contribution in [0.4, 0.5) is 5.69 Å². The maximum Gasteiger partial charge on any atom is 0.243 e. The van der Waals surface area contributed by atoms with E-state index in [9.17, 15) is 4.79 Å². The molecule has 3 rings (SSSR count). The number of nitrogens with zero attached hydrogens (tertiary/aromatic N) is 4. The quantitative estimate of drug-likeness (QED) is 0.787. The van der Waals surface area contributed by atoms with Gasteiger partial charge in [-0.1, -0.05) is 12.1 Å². The molecule has 0 saturated carbocycles. The third-order valence-electron chi connectivity index (χ3n) is 4.66. The normalized spacial score (nSPS) is 17.0. The van der Waals surface area contributed by atoms with Gasteiger partial charge in [0, 0.05) is 43.9 Å². The second-order valence-electron chi connectivity index (χ2n) is 6.20. The van der Waals surface area contributed by atoms with Crippen molar-refractivity contribution >= 4 is 11.5 Å². The van der Waals surface area contributed by atoms with Gasteiger partial charge in [0.05, 0.1) is 6.04 Å². The summed E-state index contributed by atoms with van der Waals surface area (Å²) in [6, 6.07) is 8.00. The number of hydrogen-bond donors (Lipinski definition) is 0. The third kappa shape index (κ3) is 3.48. The third-order valence-corrected chi connectivity index (χ3v) is 4.66. The molecule has 1 aromatic carbocycles. The molecule has 0 spiro atoms. The van der Waals surface area contributed by atoms with Crippen LogP contribution in [-0.4, -0.2) is 47.0 Å². The van der Waals surface area contributed by atoms with E-state index in [-0.39, 0.29) is 11.8 Å². The number of ketones is 1. The summed E-state index contributed by atoms with van der Waals surface area (Å²) in [6.07, 6.45) is 0.792. The lowest BCUT2D eigenvalue weighted by molar-refractivity contribution is 0.101. The van der Waals surface area contributed by atoms with Crippen LogP contribution >= 0.6 is 0 Å². The van der Waals surface area contributed by atoms with Gasteiger partial charge >= 0.3 is 0 Å². The number of benzene rings is 1. The largest absolute Gasteiger partial charge is 0.369 e. The highest BCUT2D eigenvalue weighted by molar-refractivity contribution is 5.94. The smallest absolute Gasteiger partial charge is 0.243 e. The number of aromatic nitrogens is 2. The summed E-state index contributed by atoms with van der Waals surface area (Å²) in [5.74, 6) is 1.57. The summed E-state index contributed by atoms with van der Waals surface area (Å²) in [5.41, 5.74) is 1.92. The van der Waals surface area contributed by atoms with Gasteiger partial charge in [-0.2, -0.15) is 4.98 Å². The number of Topliss-reactive ketones (excluding diaryl/α,β-unsaturated/α-hetero) is 1. The zero-order valence-corrected chi connectivity index (χ0v) is 14.5. The second-order valence-corrected chi connectivity index (χ2v) is 6.20. The highest BCUT2D eigenvalue weighted by atomic mass is 16.5. The molecule has 1 aromatic heterocycles. The molecular formula is C18H24N4O2. The van der Waals surface area contributed by atoms with Crippen LogP contribution in [0.25, 0.3) is 0 Å². The van der Waals surface area contributed by atoms with Crippen LogP contribution < -0.4 is 4.90 Å². The minimum absolute atomic E-state index is 0.103. The Kier molecular flexibility index (Phi) is 4.94. The average molecular weight is 328 g/mol. The molecule has 2 aromatic rings. The lowest BCUT2D eigenvalue weighted by atomic mass is 10.1. The number of piperazine rings is 1. The Balaban J connectivity index is 1.59. The molecule has 1 unspecified atom stereocenters. The first-order chi connectivity index (χ1) is 11.6. The van der Waals surface area contributed by atoms with Crippen molar-refractivity contribution in [2.24, 2.45) is 0 Å². The van der Waals surface area contributed by atoms with Gasteiger partial charge in [0.1, 0.15) is 0 Å². The van der Waals surface area contributed by atoms with Crippen LogP contribution in [0.1, 0.15) is 48.9 Å². The van der Waals surface area contributed by atoms with Gasteiger partial charge in [0.25, 0.3) is 0 Å². The maximum atomic E-state index is 11.4. The van der Waals surface area contributed by atoms with E-state index in [0.717, 1.165) is 44.0 Å². The van der Waals surface area contributed by atoms with Crippen molar-refractivity contribution < 1.29 is 9.32 Å². The molecule has 0 aliphatic carbocycles. The van der Waals surface area contributed by atoms with Gasteiger partial charge in [-0.25, -0.2) is 0 Å². The van der Waals surface area contributed by atoms with E-state index < -0.39 is 0 Å². The van der Waals surface area contributed by atoms with Crippen LogP contribution in [0, 0.1) is 0 Å². The summed E-state index contributed by atoms with van der Waals surface area (Å²) in [6.45, 7) is 9.51. The molecule has 2 heterocycles. The van der Waals surface area contributed by atoms with Crippen LogP contribution in [0.2, 0.25) is 0 Å². The van der Waals surface area contributed by atoms with Gasteiger partial charge in [0.2, 0.25) is 5.89 Å². The molecule has 6 heteroatoms. The molecule has 1 saturated heterocycles. The van der Waals surface area contributed by atoms with Crippen LogP contribution in [0.5, 0.6) is 0 Å². The predicted octanol–water partition coefficient (Wildman–Crippen LogP) is 2.72. The summed E-state index contributed by atoms with van der Waals surface area (Å²) >= 11 is 0. The fourth-order valence-electron chi connectivity index (χ4n) is 3.01. The molecule has 128 valence electrons. The molecular weight excluding hydrogens is 304 g/mol. The van der Waals surface area contributed by atoms with E-state index >= 15 is 0 Å². The van der Waals surface area contributed by atoms with E-state index in [0.29, 0.717) is 5.89 Å². The van der Waals surface area contributed by atoms with Crippen LogP contribution in [0.15, 0.2) is 28.8 Å². The Morgan fingerprint density at radius 1 is 1.21 bits per heavy atom. The van der Waals surface area contributed by atoms with Crippen LogP contribution in [-0.2, 0) is 6.42 Å². The summed E-state index contributed by atoms with van der Waals surface area (Å²) in [4.78, 5) is 20.5. The molecule has 1 aliphatic rings. The lowest BCUT2D eigenvalue weighted by Crippen LogP contribution is -2.47. The van der Waals surface area contributed by atoms with Crippen molar-refractivity contribution in [3.05, 3.63) is 41.5 Å². The SMILES string of the molecule is CCc1noc(C(C)N2CCN(c3ccc(C(C)=O)cc3)CC2)n1. The Labute approximate surface area is 142 Å². The summed E-state index contributed by atoms with van der Waals surface area (Å²) in [7, 11) is 0. The second kappa shape index (κ2) is 7.13. The van der Waals surface area contributed by atoms with Crippen molar-refractivity contribution in [3.63, 3.8) is 0 Å². The standard InChI is InChI=1S/C18H24N4O2/c1-4-17-19-18(24-20-17)13(2)21-9-11-22(12-10-21)16-7-5-15(6-8-16)14(3)23/h5-8,13H,4,9-12H2,1-3H3. The number of aryl methyl sites for hydroxylation is 1. The topological polar surface area (TPSA) is 62.5 Å². The first-order valence-corrected chi connectivity index (χ1v) is 8.51. The number of carbonyl (C=O) groups is 1. The van der Waals surface area contributed by atoms with Gasteiger partial charge in [-0.15, -0.1) is 0 Å². The molecule has 6 nitrogen and oxygen atoms in total. The molecule has 0 bridgehead atoms. The predicted molar refractivity (Wildman–Crippen MR) is 92.3 cm³/mol. The molecule has 0 amide bonds. The Hall–Kier alpha value is -2.21. The number of rotatable bonds is 5. The minimum Gasteiger partial charge on any atom is -0.369 e. The van der Waals surface area contributed by atoms with Gasteiger partial charge in [0.15, 0.2) is 11.6 Å². The highest BCUT2D eigenvalue weighted by Gasteiger charge is 2.25. The van der Waals surface area contributed by atoms with E-state index in [1.165, 1.54) is 5.69 Å². The highest BCUT2D eigenvalue weighted by Crippen LogP contribution is 2.23. The van der Waals surface area contributed by atoms with Crippen LogP contribution in [0.3, 0.4) is 0 Å². The van der Waals surface area contributed by atoms with Crippen molar-refractivity contribution in [3.8, 4) is 0 Å². The van der Waals surface area contributed by atoms with E-state index in [4.69, 9.17) is 4.52 Å². The zero-order chi connectivity index (χ0) is 17.1. The average Bonchev–Trinajstić information content (AvgIpc) is 3.10. The number of anilines is 1. The Morgan fingerprint density at radius 2 is 1.88 bits per heavy atom. The monoisotopic (exact) mass is 328 g/mol. The number of carbonyl (C=O) groups excluding carboxylic acids is 1. The van der Waals surface area contributed by atoms with Crippen molar-refractivity contribution in [2.45, 2.75) is 33.2 Å². The summed E-state index contributed by atoms with van der Waals surface area (Å²) in [5, 5.41) is 3.98. The van der Waals surface area contributed by atoms with Gasteiger partial charge < -0.3 is 9.42 Å². The zero-order valence-electron chi connectivity index (χ0n) is 14.5. The lowest BCUT2D eigenvalue weighted by Gasteiger charge is -2.38. The van der Waals surface area contributed by atoms with Gasteiger partial charge in [-0.3, -0.25) is 9.69 Å². The molecule has 0 radical (unpaired) electrons. The molecule has 1 aliphatic heterocycles. The van der Waals surface area contributed by atoms with E-state index in [2.05, 4.69) is 26.9 Å². The molecule has 1 atom stereocenters.